The zero-order valence-electron chi connectivity index (χ0n) is 8.94. The highest BCUT2D eigenvalue weighted by atomic mass is 32.1. The lowest BCUT2D eigenvalue weighted by molar-refractivity contribution is 0.0996. The molecular weight excluding hydrogens is 239 g/mol. The van der Waals surface area contributed by atoms with Gasteiger partial charge in [0.2, 0.25) is 0 Å². The highest BCUT2D eigenvalue weighted by molar-refractivity contribution is 7.09. The van der Waals surface area contributed by atoms with Crippen LogP contribution in [0.15, 0.2) is 35.7 Å². The number of carbonyl (C=O) groups excluding carboxylic acids is 1. The van der Waals surface area contributed by atoms with E-state index in [1.54, 1.807) is 17.4 Å². The van der Waals surface area contributed by atoms with Gasteiger partial charge in [-0.25, -0.2) is 4.39 Å². The molecule has 17 heavy (non-hydrogen) atoms. The van der Waals surface area contributed by atoms with Gasteiger partial charge in [-0.05, 0) is 29.6 Å². The first-order chi connectivity index (χ1) is 8.16. The van der Waals surface area contributed by atoms with Crippen molar-refractivity contribution >= 4 is 22.9 Å². The number of hydrogen-bond donors (Lipinski definition) is 2. The monoisotopic (exact) mass is 250 g/mol. The molecule has 0 aliphatic heterocycles. The van der Waals surface area contributed by atoms with E-state index in [9.17, 15) is 9.18 Å². The number of halogens is 1. The summed E-state index contributed by atoms with van der Waals surface area (Å²) in [4.78, 5) is 12.1. The summed E-state index contributed by atoms with van der Waals surface area (Å²) in [5.74, 6) is -1.36. The molecule has 2 rings (SSSR count). The molecule has 0 spiro atoms. The number of nitrogens with two attached hydrogens (primary N) is 1. The highest BCUT2D eigenvalue weighted by Crippen LogP contribution is 2.16. The Bertz CT molecular complexity index is 525. The lowest BCUT2D eigenvalue weighted by atomic mass is 10.2. The Kier molecular flexibility index (Phi) is 3.39. The molecule has 1 heterocycles. The second-order valence-electron chi connectivity index (χ2n) is 3.49. The van der Waals surface area contributed by atoms with Crippen LogP contribution in [0.2, 0.25) is 0 Å². The summed E-state index contributed by atoms with van der Waals surface area (Å²) in [7, 11) is 0. The molecule has 88 valence electrons. The van der Waals surface area contributed by atoms with Crippen LogP contribution < -0.4 is 11.1 Å². The minimum atomic E-state index is -0.762. The van der Waals surface area contributed by atoms with Crippen LogP contribution in [0.5, 0.6) is 0 Å². The van der Waals surface area contributed by atoms with Gasteiger partial charge in [0, 0.05) is 17.1 Å². The molecule has 3 nitrogen and oxygen atoms in total. The van der Waals surface area contributed by atoms with Crippen molar-refractivity contribution < 1.29 is 9.18 Å². The summed E-state index contributed by atoms with van der Waals surface area (Å²) in [5, 5.41) is 5.09. The van der Waals surface area contributed by atoms with Crippen molar-refractivity contribution in [2.45, 2.75) is 6.54 Å². The smallest absolute Gasteiger partial charge is 0.251 e. The molecule has 0 atom stereocenters. The number of amides is 1. The van der Waals surface area contributed by atoms with Gasteiger partial charge in [-0.15, -0.1) is 11.3 Å². The van der Waals surface area contributed by atoms with E-state index in [2.05, 4.69) is 5.32 Å². The number of benzene rings is 1. The van der Waals surface area contributed by atoms with Gasteiger partial charge in [-0.2, -0.15) is 0 Å². The van der Waals surface area contributed by atoms with E-state index in [0.29, 0.717) is 12.2 Å². The second-order valence-corrected chi connectivity index (χ2v) is 4.52. The quantitative estimate of drug-likeness (QED) is 0.876. The van der Waals surface area contributed by atoms with E-state index in [1.165, 1.54) is 12.1 Å². The molecule has 0 fully saturated rings. The summed E-state index contributed by atoms with van der Waals surface area (Å²) in [5.41, 5.74) is 5.65. The Morgan fingerprint density at radius 2 is 2.24 bits per heavy atom. The Balaban J connectivity index is 2.11. The Morgan fingerprint density at radius 3 is 2.88 bits per heavy atom. The normalized spacial score (nSPS) is 10.2. The van der Waals surface area contributed by atoms with Gasteiger partial charge >= 0.3 is 0 Å². The standard InChI is InChI=1S/C12H11FN2OS/c13-11-4-3-8(6-10(11)12(14)16)15-7-9-2-1-5-17-9/h1-6,15H,7H2,(H2,14,16). The second kappa shape index (κ2) is 4.97. The molecule has 1 aromatic heterocycles. The molecule has 0 aliphatic carbocycles. The molecule has 0 bridgehead atoms. The van der Waals surface area contributed by atoms with E-state index in [0.717, 1.165) is 4.88 Å². The lowest BCUT2D eigenvalue weighted by Gasteiger charge is -2.06. The first-order valence-corrected chi connectivity index (χ1v) is 5.90. The van der Waals surface area contributed by atoms with Crippen LogP contribution in [-0.2, 0) is 6.54 Å². The van der Waals surface area contributed by atoms with Crippen LogP contribution in [0.4, 0.5) is 10.1 Å². The van der Waals surface area contributed by atoms with E-state index < -0.39 is 11.7 Å². The average molecular weight is 250 g/mol. The molecule has 2 aromatic rings. The number of primary amides is 1. The third-order valence-electron chi connectivity index (χ3n) is 2.28. The Hall–Kier alpha value is -1.88. The third kappa shape index (κ3) is 2.82. The molecule has 0 aliphatic rings. The summed E-state index contributed by atoms with van der Waals surface area (Å²) in [6, 6.07) is 8.19. The van der Waals surface area contributed by atoms with Crippen LogP contribution in [0.1, 0.15) is 15.2 Å². The van der Waals surface area contributed by atoms with Gasteiger partial charge in [0.1, 0.15) is 5.82 Å². The predicted molar refractivity (Wildman–Crippen MR) is 66.6 cm³/mol. The van der Waals surface area contributed by atoms with Crippen LogP contribution in [0.3, 0.4) is 0 Å². The Labute approximate surface area is 102 Å². The molecule has 0 saturated carbocycles. The molecular formula is C12H11FN2OS. The van der Waals surface area contributed by atoms with Crippen LogP contribution in [-0.4, -0.2) is 5.91 Å². The third-order valence-corrected chi connectivity index (χ3v) is 3.16. The molecule has 0 radical (unpaired) electrons. The molecule has 1 amide bonds. The van der Waals surface area contributed by atoms with Crippen LogP contribution >= 0.6 is 11.3 Å². The maximum absolute atomic E-state index is 13.2. The van der Waals surface area contributed by atoms with Crippen molar-refractivity contribution in [1.82, 2.24) is 0 Å². The number of nitrogens with one attached hydrogen (secondary N) is 1. The van der Waals surface area contributed by atoms with Gasteiger partial charge in [0.15, 0.2) is 0 Å². The van der Waals surface area contributed by atoms with E-state index in [-0.39, 0.29) is 5.56 Å². The fourth-order valence-corrected chi connectivity index (χ4v) is 2.07. The molecule has 3 N–H and O–H groups in total. The van der Waals surface area contributed by atoms with Crippen molar-refractivity contribution in [2.24, 2.45) is 5.73 Å². The summed E-state index contributed by atoms with van der Waals surface area (Å²) >= 11 is 1.63. The lowest BCUT2D eigenvalue weighted by Crippen LogP contribution is -2.13. The molecule has 1 aromatic carbocycles. The fourth-order valence-electron chi connectivity index (χ4n) is 1.43. The zero-order valence-corrected chi connectivity index (χ0v) is 9.76. The number of hydrogen-bond acceptors (Lipinski definition) is 3. The van der Waals surface area contributed by atoms with Gasteiger partial charge in [0.05, 0.1) is 5.56 Å². The van der Waals surface area contributed by atoms with E-state index in [4.69, 9.17) is 5.73 Å². The summed E-state index contributed by atoms with van der Waals surface area (Å²) in [6.45, 7) is 0.640. The first-order valence-electron chi connectivity index (χ1n) is 5.02. The zero-order chi connectivity index (χ0) is 12.3. The average Bonchev–Trinajstić information content (AvgIpc) is 2.80. The van der Waals surface area contributed by atoms with Gasteiger partial charge in [-0.3, -0.25) is 4.79 Å². The van der Waals surface area contributed by atoms with Gasteiger partial charge < -0.3 is 11.1 Å². The van der Waals surface area contributed by atoms with Gasteiger partial charge in [-0.1, -0.05) is 6.07 Å². The topological polar surface area (TPSA) is 55.1 Å². The summed E-state index contributed by atoms with van der Waals surface area (Å²) < 4.78 is 13.2. The van der Waals surface area contributed by atoms with Crippen molar-refractivity contribution in [2.75, 3.05) is 5.32 Å². The van der Waals surface area contributed by atoms with Crippen molar-refractivity contribution in [3.05, 3.63) is 52.0 Å². The molecule has 0 unspecified atom stereocenters. The predicted octanol–water partition coefficient (Wildman–Crippen LogP) is 2.60. The fraction of sp³-hybridized carbons (Fsp3) is 0.0833. The number of thiophene rings is 1. The number of anilines is 1. The largest absolute Gasteiger partial charge is 0.380 e. The molecule has 0 saturated heterocycles. The molecule has 5 heteroatoms. The van der Waals surface area contributed by atoms with E-state index in [1.807, 2.05) is 17.5 Å². The van der Waals surface area contributed by atoms with Gasteiger partial charge in [0.25, 0.3) is 5.91 Å². The summed E-state index contributed by atoms with van der Waals surface area (Å²) in [6.07, 6.45) is 0. The maximum Gasteiger partial charge on any atom is 0.251 e. The number of rotatable bonds is 4. The van der Waals surface area contributed by atoms with Crippen molar-refractivity contribution in [1.29, 1.82) is 0 Å². The Morgan fingerprint density at radius 1 is 1.41 bits per heavy atom. The SMILES string of the molecule is NC(=O)c1cc(NCc2cccs2)ccc1F. The highest BCUT2D eigenvalue weighted by Gasteiger charge is 2.08. The minimum Gasteiger partial charge on any atom is -0.380 e. The van der Waals surface area contributed by atoms with Crippen LogP contribution in [0.25, 0.3) is 0 Å². The van der Waals surface area contributed by atoms with E-state index >= 15 is 0 Å². The first kappa shape index (κ1) is 11.6. The van der Waals surface area contributed by atoms with Crippen molar-refractivity contribution in [3.63, 3.8) is 0 Å². The number of carbonyl (C=O) groups is 1. The van der Waals surface area contributed by atoms with Crippen molar-refractivity contribution in [3.8, 4) is 0 Å². The maximum atomic E-state index is 13.2. The van der Waals surface area contributed by atoms with Crippen LogP contribution in [0, 0.1) is 5.82 Å². The minimum absolute atomic E-state index is 0.0961.